The molecule has 4 rings (SSSR count). The van der Waals surface area contributed by atoms with Gasteiger partial charge in [0.1, 0.15) is 23.4 Å². The summed E-state index contributed by atoms with van der Waals surface area (Å²) >= 11 is 0. The number of hydrazone groups is 1. The smallest absolute Gasteiger partial charge is 0.136 e. The molecule has 148 valence electrons. The van der Waals surface area contributed by atoms with E-state index >= 15 is 0 Å². The van der Waals surface area contributed by atoms with Gasteiger partial charge in [-0.15, -0.1) is 0 Å². The van der Waals surface area contributed by atoms with E-state index in [0.29, 0.717) is 23.7 Å². The average Bonchev–Trinajstić information content (AvgIpc) is 2.77. The molecule has 3 aromatic carbocycles. The molecule has 1 unspecified atom stereocenters. The molecule has 0 radical (unpaired) electrons. The van der Waals surface area contributed by atoms with E-state index in [1.54, 1.807) is 14.2 Å². The van der Waals surface area contributed by atoms with Crippen LogP contribution in [-0.4, -0.2) is 19.9 Å². The Kier molecular flexibility index (Phi) is 5.38. The van der Waals surface area contributed by atoms with E-state index in [2.05, 4.69) is 36.6 Å². The highest BCUT2D eigenvalue weighted by Crippen LogP contribution is 2.42. The first-order valence-electron chi connectivity index (χ1n) is 9.55. The lowest BCUT2D eigenvalue weighted by molar-refractivity contribution is 0.204. The second-order valence-electron chi connectivity index (χ2n) is 6.96. The minimum absolute atomic E-state index is 0.142. The van der Waals surface area contributed by atoms with Crippen molar-refractivity contribution in [2.75, 3.05) is 19.6 Å². The number of aryl methyl sites for hydroxylation is 1. The Morgan fingerprint density at radius 3 is 2.41 bits per heavy atom. The third kappa shape index (κ3) is 4.04. The van der Waals surface area contributed by atoms with Crippen LogP contribution >= 0.6 is 0 Å². The van der Waals surface area contributed by atoms with E-state index in [9.17, 15) is 0 Å². The van der Waals surface area contributed by atoms with Crippen LogP contribution in [0.2, 0.25) is 0 Å². The molecule has 1 heterocycles. The summed E-state index contributed by atoms with van der Waals surface area (Å²) in [5, 5.41) is 4.72. The number of nitrogens with zero attached hydrogens (tertiary/aromatic N) is 1. The van der Waals surface area contributed by atoms with Gasteiger partial charge in [0, 0.05) is 18.6 Å². The molecule has 0 saturated heterocycles. The highest BCUT2D eigenvalue weighted by atomic mass is 16.5. The van der Waals surface area contributed by atoms with Crippen molar-refractivity contribution in [3.05, 3.63) is 83.4 Å². The van der Waals surface area contributed by atoms with Crippen LogP contribution in [-0.2, 0) is 0 Å². The largest absolute Gasteiger partial charge is 0.496 e. The number of hydrogen-bond acceptors (Lipinski definition) is 5. The molecule has 0 aliphatic carbocycles. The zero-order valence-corrected chi connectivity index (χ0v) is 16.8. The summed E-state index contributed by atoms with van der Waals surface area (Å²) < 4.78 is 17.4. The molecule has 0 bridgehead atoms. The Bertz CT molecular complexity index is 1010. The lowest BCUT2D eigenvalue weighted by Crippen LogP contribution is -2.22. The van der Waals surface area contributed by atoms with Gasteiger partial charge in [0.05, 0.1) is 31.2 Å². The third-order valence-electron chi connectivity index (χ3n) is 4.97. The minimum atomic E-state index is -0.142. The van der Waals surface area contributed by atoms with E-state index < -0.39 is 0 Å². The van der Waals surface area contributed by atoms with Crippen molar-refractivity contribution in [1.82, 2.24) is 0 Å². The molecule has 5 heteroatoms. The maximum atomic E-state index is 6.36. The first kappa shape index (κ1) is 18.9. The molecular formula is C24H24N2O3. The summed E-state index contributed by atoms with van der Waals surface area (Å²) in [4.78, 5) is 0. The number of nitrogens with one attached hydrogen (secondary N) is 1. The Balaban J connectivity index is 1.76. The molecule has 0 saturated carbocycles. The van der Waals surface area contributed by atoms with Crippen molar-refractivity contribution in [1.29, 1.82) is 0 Å². The molecule has 5 nitrogen and oxygen atoms in total. The average molecular weight is 388 g/mol. The van der Waals surface area contributed by atoms with E-state index in [1.165, 1.54) is 5.56 Å². The van der Waals surface area contributed by atoms with Crippen molar-refractivity contribution in [3.63, 3.8) is 0 Å². The second-order valence-corrected chi connectivity index (χ2v) is 6.96. The van der Waals surface area contributed by atoms with Crippen LogP contribution in [0.5, 0.6) is 17.2 Å². The standard InChI is InChI=1S/C24H24N2O3/c1-16-9-11-17(12-10-16)21-15-20(26-25-18-7-5-4-6-8-18)24-22(28-3)13-19(27-2)14-23(24)29-21/h4-14,21,25H,15H2,1-3H3/b26-20+. The molecule has 0 fully saturated rings. The van der Waals surface area contributed by atoms with Crippen LogP contribution in [0.1, 0.15) is 29.2 Å². The van der Waals surface area contributed by atoms with Crippen LogP contribution in [0.4, 0.5) is 5.69 Å². The predicted molar refractivity (Wildman–Crippen MR) is 115 cm³/mol. The van der Waals surface area contributed by atoms with Gasteiger partial charge in [-0.3, -0.25) is 5.43 Å². The van der Waals surface area contributed by atoms with E-state index in [-0.39, 0.29) is 6.10 Å². The van der Waals surface area contributed by atoms with E-state index in [1.807, 2.05) is 42.5 Å². The number of benzene rings is 3. The van der Waals surface area contributed by atoms with Gasteiger partial charge in [-0.25, -0.2) is 0 Å². The van der Waals surface area contributed by atoms with E-state index in [4.69, 9.17) is 19.3 Å². The SMILES string of the molecule is COc1cc(OC)c2c(c1)OC(c1ccc(C)cc1)C/C2=N\Nc1ccccc1. The minimum Gasteiger partial charge on any atom is -0.496 e. The Morgan fingerprint density at radius 1 is 0.966 bits per heavy atom. The van der Waals surface area contributed by atoms with Gasteiger partial charge in [0.2, 0.25) is 0 Å². The van der Waals surface area contributed by atoms with Gasteiger partial charge in [-0.1, -0.05) is 48.0 Å². The number of rotatable bonds is 5. The maximum absolute atomic E-state index is 6.36. The van der Waals surface area contributed by atoms with Crippen LogP contribution in [0.15, 0.2) is 71.8 Å². The zero-order valence-electron chi connectivity index (χ0n) is 16.8. The zero-order chi connectivity index (χ0) is 20.2. The van der Waals surface area contributed by atoms with Crippen molar-refractivity contribution >= 4 is 11.4 Å². The van der Waals surface area contributed by atoms with E-state index in [0.717, 1.165) is 22.5 Å². The lowest BCUT2D eigenvalue weighted by Gasteiger charge is -2.29. The Morgan fingerprint density at radius 2 is 1.72 bits per heavy atom. The summed E-state index contributed by atoms with van der Waals surface area (Å²) in [6.45, 7) is 2.08. The number of ether oxygens (including phenoxy) is 3. The van der Waals surface area contributed by atoms with Gasteiger partial charge in [0.25, 0.3) is 0 Å². The summed E-state index contributed by atoms with van der Waals surface area (Å²) in [6, 6.07) is 22.0. The van der Waals surface area contributed by atoms with Crippen molar-refractivity contribution < 1.29 is 14.2 Å². The Labute approximate surface area is 170 Å². The summed E-state index contributed by atoms with van der Waals surface area (Å²) in [5.74, 6) is 2.06. The van der Waals surface area contributed by atoms with Crippen LogP contribution < -0.4 is 19.6 Å². The summed E-state index contributed by atoms with van der Waals surface area (Å²) in [7, 11) is 3.27. The van der Waals surface area contributed by atoms with Crippen molar-refractivity contribution in [2.24, 2.45) is 5.10 Å². The molecule has 0 spiro atoms. The maximum Gasteiger partial charge on any atom is 0.136 e. The molecule has 1 aliphatic heterocycles. The molecule has 1 aliphatic rings. The monoisotopic (exact) mass is 388 g/mol. The van der Waals surface area contributed by atoms with Crippen molar-refractivity contribution in [2.45, 2.75) is 19.4 Å². The fourth-order valence-corrected chi connectivity index (χ4v) is 3.41. The molecule has 1 N–H and O–H groups in total. The fourth-order valence-electron chi connectivity index (χ4n) is 3.41. The van der Waals surface area contributed by atoms with Gasteiger partial charge in [-0.05, 0) is 24.6 Å². The van der Waals surface area contributed by atoms with Crippen LogP contribution in [0, 0.1) is 6.92 Å². The van der Waals surface area contributed by atoms with Gasteiger partial charge in [0.15, 0.2) is 0 Å². The second kappa shape index (κ2) is 8.27. The molecular weight excluding hydrogens is 364 g/mol. The number of para-hydroxylation sites is 1. The quantitative estimate of drug-likeness (QED) is 0.599. The molecule has 3 aromatic rings. The third-order valence-corrected chi connectivity index (χ3v) is 4.97. The lowest BCUT2D eigenvalue weighted by atomic mass is 9.94. The predicted octanol–water partition coefficient (Wildman–Crippen LogP) is 5.35. The Hall–Kier alpha value is -3.47. The van der Waals surface area contributed by atoms with Crippen molar-refractivity contribution in [3.8, 4) is 17.2 Å². The molecule has 29 heavy (non-hydrogen) atoms. The summed E-state index contributed by atoms with van der Waals surface area (Å²) in [6.07, 6.45) is 0.481. The number of hydrogen-bond donors (Lipinski definition) is 1. The van der Waals surface area contributed by atoms with Gasteiger partial charge >= 0.3 is 0 Å². The van der Waals surface area contributed by atoms with Crippen LogP contribution in [0.3, 0.4) is 0 Å². The molecule has 1 atom stereocenters. The topological polar surface area (TPSA) is 52.1 Å². The first-order valence-corrected chi connectivity index (χ1v) is 9.55. The number of fused-ring (bicyclic) bond motifs is 1. The summed E-state index contributed by atoms with van der Waals surface area (Å²) in [5.41, 5.74) is 8.13. The highest BCUT2D eigenvalue weighted by molar-refractivity contribution is 6.07. The van der Waals surface area contributed by atoms with Gasteiger partial charge < -0.3 is 14.2 Å². The molecule has 0 aromatic heterocycles. The van der Waals surface area contributed by atoms with Gasteiger partial charge in [-0.2, -0.15) is 5.10 Å². The normalized spacial score (nSPS) is 16.7. The number of anilines is 1. The molecule has 0 amide bonds. The van der Waals surface area contributed by atoms with Crippen LogP contribution in [0.25, 0.3) is 0 Å². The highest BCUT2D eigenvalue weighted by Gasteiger charge is 2.30. The fraction of sp³-hybridized carbons (Fsp3) is 0.208. The first-order chi connectivity index (χ1) is 14.2. The number of methoxy groups -OCH3 is 2.